The molecule has 0 aliphatic carbocycles. The molecule has 2 aromatic carbocycles. The third kappa shape index (κ3) is 5.53. The minimum atomic E-state index is -1.18. The fourth-order valence-electron chi connectivity index (χ4n) is 1.81. The Morgan fingerprint density at radius 1 is 1.12 bits per heavy atom. The Hall–Kier alpha value is -2.48. The van der Waals surface area contributed by atoms with Gasteiger partial charge in [-0.3, -0.25) is 9.59 Å². The standard InChI is InChI=1S/C17H14F3NO3S/c1-10(17(23)21-14-5-3-2-4-12(14)19)24-16(22)9-25-15-8-11(18)6-7-13(15)20/h2-8,10H,9H2,1H3,(H,21,23)/t10-/m1/s1. The maximum absolute atomic E-state index is 13.5. The van der Waals surface area contributed by atoms with E-state index in [-0.39, 0.29) is 16.3 Å². The maximum Gasteiger partial charge on any atom is 0.317 e. The molecule has 25 heavy (non-hydrogen) atoms. The Bertz CT molecular complexity index is 785. The molecule has 0 saturated heterocycles. The number of hydrogen-bond donors (Lipinski definition) is 1. The van der Waals surface area contributed by atoms with E-state index >= 15 is 0 Å². The number of para-hydroxylation sites is 1. The molecule has 2 rings (SSSR count). The Balaban J connectivity index is 1.86. The molecule has 0 radical (unpaired) electrons. The number of thioether (sulfide) groups is 1. The minimum Gasteiger partial charge on any atom is -0.452 e. The van der Waals surface area contributed by atoms with E-state index in [0.29, 0.717) is 0 Å². The molecule has 0 aromatic heterocycles. The lowest BCUT2D eigenvalue weighted by molar-refractivity contribution is -0.150. The largest absolute Gasteiger partial charge is 0.452 e. The van der Waals surface area contributed by atoms with E-state index in [1.54, 1.807) is 6.07 Å². The molecule has 0 saturated carbocycles. The lowest BCUT2D eigenvalue weighted by atomic mass is 10.3. The van der Waals surface area contributed by atoms with Crippen molar-refractivity contribution < 1.29 is 27.5 Å². The Morgan fingerprint density at radius 2 is 1.84 bits per heavy atom. The van der Waals surface area contributed by atoms with Crippen LogP contribution in [0.4, 0.5) is 18.9 Å². The zero-order chi connectivity index (χ0) is 18.4. The molecule has 0 aliphatic rings. The number of esters is 1. The van der Waals surface area contributed by atoms with Crippen molar-refractivity contribution in [3.8, 4) is 0 Å². The first-order valence-electron chi connectivity index (χ1n) is 7.19. The van der Waals surface area contributed by atoms with Gasteiger partial charge in [-0.05, 0) is 37.3 Å². The van der Waals surface area contributed by atoms with Gasteiger partial charge in [-0.25, -0.2) is 13.2 Å². The van der Waals surface area contributed by atoms with Gasteiger partial charge in [0.25, 0.3) is 5.91 Å². The second-order valence-corrected chi connectivity index (χ2v) is 5.98. The second kappa shape index (κ2) is 8.57. The molecule has 4 nitrogen and oxygen atoms in total. The topological polar surface area (TPSA) is 55.4 Å². The first-order valence-corrected chi connectivity index (χ1v) is 8.18. The number of nitrogens with one attached hydrogen (secondary N) is 1. The van der Waals surface area contributed by atoms with Crippen LogP contribution in [0.25, 0.3) is 0 Å². The molecule has 0 heterocycles. The summed E-state index contributed by atoms with van der Waals surface area (Å²) in [6.07, 6.45) is -1.18. The number of benzene rings is 2. The van der Waals surface area contributed by atoms with Crippen molar-refractivity contribution in [1.82, 2.24) is 0 Å². The molecule has 0 fully saturated rings. The van der Waals surface area contributed by atoms with E-state index in [4.69, 9.17) is 4.74 Å². The first-order chi connectivity index (χ1) is 11.9. The number of rotatable bonds is 6. The van der Waals surface area contributed by atoms with Crippen LogP contribution in [0.3, 0.4) is 0 Å². The molecular weight excluding hydrogens is 355 g/mol. The molecule has 0 unspecified atom stereocenters. The monoisotopic (exact) mass is 369 g/mol. The van der Waals surface area contributed by atoms with Crippen LogP contribution >= 0.6 is 11.8 Å². The highest BCUT2D eigenvalue weighted by Gasteiger charge is 2.19. The van der Waals surface area contributed by atoms with Crippen molar-refractivity contribution in [2.75, 3.05) is 11.1 Å². The van der Waals surface area contributed by atoms with Crippen molar-refractivity contribution in [2.24, 2.45) is 0 Å². The minimum absolute atomic E-state index is 0.0356. The van der Waals surface area contributed by atoms with Crippen molar-refractivity contribution in [1.29, 1.82) is 0 Å². The van der Waals surface area contributed by atoms with Gasteiger partial charge in [0.2, 0.25) is 0 Å². The summed E-state index contributed by atoms with van der Waals surface area (Å²) in [4.78, 5) is 23.6. The van der Waals surface area contributed by atoms with E-state index in [1.165, 1.54) is 25.1 Å². The number of anilines is 1. The lowest BCUT2D eigenvalue weighted by Gasteiger charge is -2.14. The van der Waals surface area contributed by atoms with Crippen LogP contribution in [-0.2, 0) is 14.3 Å². The summed E-state index contributed by atoms with van der Waals surface area (Å²) >= 11 is 0.748. The fourth-order valence-corrected chi connectivity index (χ4v) is 2.55. The Morgan fingerprint density at radius 3 is 2.56 bits per heavy atom. The average molecular weight is 369 g/mol. The molecule has 0 aliphatic heterocycles. The van der Waals surface area contributed by atoms with Crippen molar-refractivity contribution in [3.63, 3.8) is 0 Å². The lowest BCUT2D eigenvalue weighted by Crippen LogP contribution is -2.30. The van der Waals surface area contributed by atoms with Crippen LogP contribution < -0.4 is 5.32 Å². The molecule has 1 atom stereocenters. The third-order valence-corrected chi connectivity index (χ3v) is 4.05. The molecular formula is C17H14F3NO3S. The van der Waals surface area contributed by atoms with E-state index in [9.17, 15) is 22.8 Å². The van der Waals surface area contributed by atoms with Gasteiger partial charge in [-0.2, -0.15) is 0 Å². The highest BCUT2D eigenvalue weighted by Crippen LogP contribution is 2.23. The molecule has 0 bridgehead atoms. The molecule has 132 valence electrons. The quantitative estimate of drug-likeness (QED) is 0.622. The summed E-state index contributed by atoms with van der Waals surface area (Å²) in [6, 6.07) is 8.43. The highest BCUT2D eigenvalue weighted by atomic mass is 32.2. The summed E-state index contributed by atoms with van der Waals surface area (Å²) in [5, 5.41) is 2.30. The fraction of sp³-hybridized carbons (Fsp3) is 0.176. The molecule has 8 heteroatoms. The summed E-state index contributed by atoms with van der Waals surface area (Å²) in [5.74, 6) is -3.71. The van der Waals surface area contributed by atoms with Gasteiger partial charge in [0.05, 0.1) is 11.4 Å². The van der Waals surface area contributed by atoms with Crippen molar-refractivity contribution >= 4 is 29.3 Å². The summed E-state index contributed by atoms with van der Waals surface area (Å²) < 4.78 is 44.9. The van der Waals surface area contributed by atoms with Crippen LogP contribution in [0.1, 0.15) is 6.92 Å². The predicted octanol–water partition coefficient (Wildman–Crippen LogP) is 3.77. The van der Waals surface area contributed by atoms with Crippen LogP contribution in [0, 0.1) is 17.5 Å². The summed E-state index contributed by atoms with van der Waals surface area (Å²) in [6.45, 7) is 1.32. The molecule has 1 amide bonds. The number of carbonyl (C=O) groups is 2. The molecule has 1 N–H and O–H groups in total. The van der Waals surface area contributed by atoms with Gasteiger partial charge in [0, 0.05) is 4.90 Å². The van der Waals surface area contributed by atoms with E-state index in [0.717, 1.165) is 30.0 Å². The number of hydrogen-bond acceptors (Lipinski definition) is 4. The molecule has 0 spiro atoms. The summed E-state index contributed by atoms with van der Waals surface area (Å²) in [5.41, 5.74) is -0.0356. The van der Waals surface area contributed by atoms with Crippen molar-refractivity contribution in [3.05, 3.63) is 59.9 Å². The third-order valence-electron chi connectivity index (χ3n) is 3.05. The highest BCUT2D eigenvalue weighted by molar-refractivity contribution is 8.00. The van der Waals surface area contributed by atoms with Gasteiger partial charge in [0.15, 0.2) is 6.10 Å². The van der Waals surface area contributed by atoms with Crippen LogP contribution in [-0.4, -0.2) is 23.7 Å². The van der Waals surface area contributed by atoms with E-state index in [2.05, 4.69) is 5.32 Å². The van der Waals surface area contributed by atoms with Crippen molar-refractivity contribution in [2.45, 2.75) is 17.9 Å². The summed E-state index contributed by atoms with van der Waals surface area (Å²) in [7, 11) is 0. The number of halogens is 3. The van der Waals surface area contributed by atoms with Crippen LogP contribution in [0.2, 0.25) is 0 Å². The van der Waals surface area contributed by atoms with Gasteiger partial charge >= 0.3 is 5.97 Å². The van der Waals surface area contributed by atoms with Crippen LogP contribution in [0.15, 0.2) is 47.4 Å². The predicted molar refractivity (Wildman–Crippen MR) is 87.7 cm³/mol. The SMILES string of the molecule is C[C@@H](OC(=O)CSc1cc(F)ccc1F)C(=O)Nc1ccccc1F. The maximum atomic E-state index is 13.5. The Kier molecular flexibility index (Phi) is 6.46. The smallest absolute Gasteiger partial charge is 0.317 e. The zero-order valence-electron chi connectivity index (χ0n) is 13.1. The molecule has 2 aromatic rings. The van der Waals surface area contributed by atoms with Gasteiger partial charge in [-0.15, -0.1) is 11.8 Å². The van der Waals surface area contributed by atoms with Crippen LogP contribution in [0.5, 0.6) is 0 Å². The first kappa shape index (κ1) is 18.9. The normalized spacial score (nSPS) is 11.7. The average Bonchev–Trinajstić information content (AvgIpc) is 2.57. The Labute approximate surface area is 146 Å². The number of ether oxygens (including phenoxy) is 1. The van der Waals surface area contributed by atoms with Gasteiger partial charge < -0.3 is 10.1 Å². The van der Waals surface area contributed by atoms with Gasteiger partial charge in [-0.1, -0.05) is 12.1 Å². The van der Waals surface area contributed by atoms with E-state index in [1.807, 2.05) is 0 Å². The zero-order valence-corrected chi connectivity index (χ0v) is 13.9. The number of carbonyl (C=O) groups excluding carboxylic acids is 2. The van der Waals surface area contributed by atoms with Gasteiger partial charge in [0.1, 0.15) is 17.5 Å². The second-order valence-electron chi connectivity index (χ2n) is 4.96. The van der Waals surface area contributed by atoms with E-state index < -0.39 is 35.4 Å². The number of amides is 1.